The fourth-order valence-corrected chi connectivity index (χ4v) is 2.51. The molecule has 0 radical (unpaired) electrons. The zero-order valence-electron chi connectivity index (χ0n) is 12.5. The number of hydrogen-bond acceptors (Lipinski definition) is 4. The second-order valence-electron chi connectivity index (χ2n) is 5.26. The number of likely N-dealkylation sites (tertiary alicyclic amines) is 1. The van der Waals surface area contributed by atoms with E-state index >= 15 is 0 Å². The van der Waals surface area contributed by atoms with Gasteiger partial charge in [0.25, 0.3) is 5.91 Å². The Kier molecular flexibility index (Phi) is 5.20. The molecule has 1 aromatic carbocycles. The Morgan fingerprint density at radius 2 is 2.10 bits per heavy atom. The van der Waals surface area contributed by atoms with Crippen LogP contribution in [0.5, 0.6) is 5.75 Å². The predicted octanol–water partition coefficient (Wildman–Crippen LogP) is 1.79. The van der Waals surface area contributed by atoms with Crippen LogP contribution in [0.4, 0.5) is 0 Å². The molecule has 1 saturated heterocycles. The van der Waals surface area contributed by atoms with Crippen LogP contribution in [0.25, 0.3) is 0 Å². The molecule has 1 aliphatic heterocycles. The largest absolute Gasteiger partial charge is 0.484 e. The van der Waals surface area contributed by atoms with E-state index in [1.165, 1.54) is 7.11 Å². The normalized spacial score (nSPS) is 18.2. The Morgan fingerprint density at radius 1 is 1.33 bits per heavy atom. The standard InChI is InChI=1S/C16H21NO4/c1-12-6-3-4-8-14(12)21-11-15(18)17-9-5-7-13(10-17)16(19)20-2/h3-4,6,8,13H,5,7,9-11H2,1-2H3. The molecule has 1 aliphatic rings. The Balaban J connectivity index is 1.88. The minimum atomic E-state index is -0.243. The van der Waals surface area contributed by atoms with Gasteiger partial charge in [0.05, 0.1) is 13.0 Å². The molecule has 21 heavy (non-hydrogen) atoms. The molecule has 0 spiro atoms. The first-order chi connectivity index (χ1) is 10.1. The summed E-state index contributed by atoms with van der Waals surface area (Å²) in [6.45, 7) is 3.03. The van der Waals surface area contributed by atoms with Gasteiger partial charge in [-0.05, 0) is 31.4 Å². The number of ether oxygens (including phenoxy) is 2. The number of rotatable bonds is 4. The number of carbonyl (C=O) groups excluding carboxylic acids is 2. The van der Waals surface area contributed by atoms with Gasteiger partial charge in [-0.1, -0.05) is 18.2 Å². The lowest BCUT2D eigenvalue weighted by atomic mass is 9.98. The van der Waals surface area contributed by atoms with E-state index in [1.807, 2.05) is 31.2 Å². The fraction of sp³-hybridized carbons (Fsp3) is 0.500. The molecule has 1 heterocycles. The lowest BCUT2D eigenvalue weighted by molar-refractivity contribution is -0.149. The summed E-state index contributed by atoms with van der Waals surface area (Å²) in [5, 5.41) is 0. The fourth-order valence-electron chi connectivity index (χ4n) is 2.51. The van der Waals surface area contributed by atoms with E-state index in [0.29, 0.717) is 18.8 Å². The highest BCUT2D eigenvalue weighted by molar-refractivity contribution is 5.79. The van der Waals surface area contributed by atoms with E-state index in [1.54, 1.807) is 4.90 Å². The highest BCUT2D eigenvalue weighted by Crippen LogP contribution is 2.19. The molecule has 2 rings (SSSR count). The number of para-hydroxylation sites is 1. The van der Waals surface area contributed by atoms with Crippen molar-refractivity contribution < 1.29 is 19.1 Å². The number of methoxy groups -OCH3 is 1. The van der Waals surface area contributed by atoms with E-state index in [-0.39, 0.29) is 24.4 Å². The van der Waals surface area contributed by atoms with Gasteiger partial charge in [-0.15, -0.1) is 0 Å². The molecule has 0 saturated carbocycles. The van der Waals surface area contributed by atoms with Gasteiger partial charge in [-0.2, -0.15) is 0 Å². The molecule has 0 aromatic heterocycles. The smallest absolute Gasteiger partial charge is 0.310 e. The van der Waals surface area contributed by atoms with Crippen LogP contribution >= 0.6 is 0 Å². The zero-order chi connectivity index (χ0) is 15.2. The number of carbonyl (C=O) groups is 2. The third-order valence-corrected chi connectivity index (χ3v) is 3.75. The van der Waals surface area contributed by atoms with Crippen LogP contribution in [0.15, 0.2) is 24.3 Å². The summed E-state index contributed by atoms with van der Waals surface area (Å²) < 4.78 is 10.3. The Labute approximate surface area is 124 Å². The molecule has 5 heteroatoms. The minimum absolute atomic E-state index is 0.00124. The van der Waals surface area contributed by atoms with Gasteiger partial charge in [0.15, 0.2) is 6.61 Å². The summed E-state index contributed by atoms with van der Waals surface area (Å²) in [4.78, 5) is 25.4. The minimum Gasteiger partial charge on any atom is -0.484 e. The van der Waals surface area contributed by atoms with Gasteiger partial charge < -0.3 is 14.4 Å². The highest BCUT2D eigenvalue weighted by atomic mass is 16.5. The van der Waals surface area contributed by atoms with Gasteiger partial charge in [-0.25, -0.2) is 0 Å². The molecule has 1 fully saturated rings. The van der Waals surface area contributed by atoms with Crippen molar-refractivity contribution in [2.75, 3.05) is 26.8 Å². The van der Waals surface area contributed by atoms with Crippen LogP contribution in [0.3, 0.4) is 0 Å². The second-order valence-corrected chi connectivity index (χ2v) is 5.26. The van der Waals surface area contributed by atoms with Gasteiger partial charge in [0.1, 0.15) is 5.75 Å². The maximum Gasteiger partial charge on any atom is 0.310 e. The van der Waals surface area contributed by atoms with Crippen LogP contribution < -0.4 is 4.74 Å². The molecule has 1 amide bonds. The van der Waals surface area contributed by atoms with Crippen molar-refractivity contribution in [2.24, 2.45) is 5.92 Å². The molecule has 0 N–H and O–H groups in total. The molecular formula is C16H21NO4. The monoisotopic (exact) mass is 291 g/mol. The van der Waals surface area contributed by atoms with Gasteiger partial charge in [-0.3, -0.25) is 9.59 Å². The number of aryl methyl sites for hydroxylation is 1. The first kappa shape index (κ1) is 15.4. The summed E-state index contributed by atoms with van der Waals surface area (Å²) in [5.74, 6) is 0.165. The van der Waals surface area contributed by atoms with Crippen molar-refractivity contribution in [3.05, 3.63) is 29.8 Å². The van der Waals surface area contributed by atoms with Crippen LogP contribution in [0.1, 0.15) is 18.4 Å². The first-order valence-electron chi connectivity index (χ1n) is 7.16. The average molecular weight is 291 g/mol. The number of esters is 1. The Bertz CT molecular complexity index is 515. The highest BCUT2D eigenvalue weighted by Gasteiger charge is 2.29. The second kappa shape index (κ2) is 7.11. The van der Waals surface area contributed by atoms with Crippen molar-refractivity contribution in [2.45, 2.75) is 19.8 Å². The third-order valence-electron chi connectivity index (χ3n) is 3.75. The molecule has 1 unspecified atom stereocenters. The van der Waals surface area contributed by atoms with Gasteiger partial charge >= 0.3 is 5.97 Å². The van der Waals surface area contributed by atoms with Crippen LogP contribution in [0.2, 0.25) is 0 Å². The molecule has 0 bridgehead atoms. The quantitative estimate of drug-likeness (QED) is 0.794. The summed E-state index contributed by atoms with van der Waals surface area (Å²) in [6.07, 6.45) is 1.59. The summed E-state index contributed by atoms with van der Waals surface area (Å²) >= 11 is 0. The maximum atomic E-state index is 12.2. The van der Waals surface area contributed by atoms with Crippen molar-refractivity contribution in [3.8, 4) is 5.75 Å². The molecule has 0 aliphatic carbocycles. The summed E-state index contributed by atoms with van der Waals surface area (Å²) in [5.41, 5.74) is 0.997. The molecule has 114 valence electrons. The molecule has 1 aromatic rings. The van der Waals surface area contributed by atoms with Gasteiger partial charge in [0.2, 0.25) is 0 Å². The number of hydrogen-bond donors (Lipinski definition) is 0. The third kappa shape index (κ3) is 3.97. The number of piperidine rings is 1. The van der Waals surface area contributed by atoms with Gasteiger partial charge in [0, 0.05) is 13.1 Å². The van der Waals surface area contributed by atoms with E-state index < -0.39 is 0 Å². The molecular weight excluding hydrogens is 270 g/mol. The van der Waals surface area contributed by atoms with E-state index in [0.717, 1.165) is 18.4 Å². The maximum absolute atomic E-state index is 12.2. The Hall–Kier alpha value is -2.04. The lowest BCUT2D eigenvalue weighted by Gasteiger charge is -2.31. The zero-order valence-corrected chi connectivity index (χ0v) is 12.5. The summed E-state index contributed by atoms with van der Waals surface area (Å²) in [7, 11) is 1.38. The number of amides is 1. The van der Waals surface area contributed by atoms with E-state index in [2.05, 4.69) is 0 Å². The van der Waals surface area contributed by atoms with Crippen molar-refractivity contribution >= 4 is 11.9 Å². The molecule has 5 nitrogen and oxygen atoms in total. The van der Waals surface area contributed by atoms with E-state index in [4.69, 9.17) is 9.47 Å². The van der Waals surface area contributed by atoms with Crippen molar-refractivity contribution in [1.29, 1.82) is 0 Å². The van der Waals surface area contributed by atoms with Crippen molar-refractivity contribution in [1.82, 2.24) is 4.90 Å². The summed E-state index contributed by atoms with van der Waals surface area (Å²) in [6, 6.07) is 7.58. The SMILES string of the molecule is COC(=O)C1CCCN(C(=O)COc2ccccc2C)C1. The Morgan fingerprint density at radius 3 is 2.81 bits per heavy atom. The topological polar surface area (TPSA) is 55.8 Å². The van der Waals surface area contributed by atoms with Crippen LogP contribution in [0, 0.1) is 12.8 Å². The van der Waals surface area contributed by atoms with Crippen LogP contribution in [-0.4, -0.2) is 43.6 Å². The average Bonchev–Trinajstić information content (AvgIpc) is 2.53. The predicted molar refractivity (Wildman–Crippen MR) is 78.0 cm³/mol. The van der Waals surface area contributed by atoms with E-state index in [9.17, 15) is 9.59 Å². The number of nitrogens with zero attached hydrogens (tertiary/aromatic N) is 1. The first-order valence-corrected chi connectivity index (χ1v) is 7.16. The van der Waals surface area contributed by atoms with Crippen molar-refractivity contribution in [3.63, 3.8) is 0 Å². The molecule has 1 atom stereocenters. The van der Waals surface area contributed by atoms with Crippen LogP contribution in [-0.2, 0) is 14.3 Å². The number of benzene rings is 1. The lowest BCUT2D eigenvalue weighted by Crippen LogP contribution is -2.44.